The first-order valence-corrected chi connectivity index (χ1v) is 14.2. The normalized spacial score (nSPS) is 17.9. The molecule has 11 nitrogen and oxygen atoms in total. The van der Waals surface area contributed by atoms with E-state index in [4.69, 9.17) is 0 Å². The molecule has 3 atom stereocenters. The summed E-state index contributed by atoms with van der Waals surface area (Å²) in [4.78, 5) is 55.8. The first-order chi connectivity index (χ1) is 21.0. The molecule has 11 heteroatoms. The summed E-state index contributed by atoms with van der Waals surface area (Å²) in [5.74, 6) is -1.53. The van der Waals surface area contributed by atoms with Crippen molar-refractivity contribution in [1.29, 1.82) is 0 Å². The smallest absolute Gasteiger partial charge is 0.251 e. The summed E-state index contributed by atoms with van der Waals surface area (Å²) >= 11 is 0. The summed E-state index contributed by atoms with van der Waals surface area (Å²) in [6.45, 7) is 0.166. The third-order valence-electron chi connectivity index (χ3n) is 7.88. The van der Waals surface area contributed by atoms with Crippen LogP contribution in [0.2, 0.25) is 0 Å². The molecule has 3 aromatic carbocycles. The Labute approximate surface area is 248 Å². The fraction of sp³-hybridized carbons (Fsp3) is 0.250. The summed E-state index contributed by atoms with van der Waals surface area (Å²) in [6, 6.07) is 21.3. The highest BCUT2D eigenvalue weighted by Crippen LogP contribution is 2.39. The van der Waals surface area contributed by atoms with Crippen molar-refractivity contribution in [1.82, 2.24) is 31.4 Å². The van der Waals surface area contributed by atoms with Gasteiger partial charge in [0.1, 0.15) is 23.8 Å². The Morgan fingerprint density at radius 2 is 1.70 bits per heavy atom. The fourth-order valence-corrected chi connectivity index (χ4v) is 5.74. The molecule has 43 heavy (non-hydrogen) atoms. The fourth-order valence-electron chi connectivity index (χ4n) is 5.74. The van der Waals surface area contributed by atoms with Crippen LogP contribution in [0, 0.1) is 0 Å². The molecule has 0 saturated carbocycles. The standard InChI is InChI=1S/C32H31N7O4/c40-29(22-10-5-2-6-11-22)36-26(16-20-8-3-1-4-9-20)30(41)35-25-15-14-21-12-7-13-23-17-27(39(28(21)23)32(25)43)31(42)33-18-24-19-34-38-37-24/h1-13,19,25-27H,14-18H2,(H,33,42)(H,35,41)(H,36,40)(H,34,37,38)/t25-,26-,27-/m0/s1. The van der Waals surface area contributed by atoms with Crippen LogP contribution >= 0.6 is 0 Å². The second-order valence-corrected chi connectivity index (χ2v) is 10.7. The molecule has 3 heterocycles. The molecule has 0 unspecified atom stereocenters. The molecule has 0 fully saturated rings. The van der Waals surface area contributed by atoms with Crippen LogP contribution in [0.25, 0.3) is 0 Å². The third kappa shape index (κ3) is 6.01. The number of rotatable bonds is 9. The van der Waals surface area contributed by atoms with Crippen molar-refractivity contribution in [3.8, 4) is 0 Å². The van der Waals surface area contributed by atoms with E-state index in [0.29, 0.717) is 30.5 Å². The minimum absolute atomic E-state index is 0.166. The Hall–Kier alpha value is -5.32. The molecular formula is C32H31N7O4. The highest BCUT2D eigenvalue weighted by atomic mass is 16.2. The number of benzene rings is 3. The Kier molecular flexibility index (Phi) is 7.94. The van der Waals surface area contributed by atoms with Gasteiger partial charge in [0, 0.05) is 18.4 Å². The van der Waals surface area contributed by atoms with Crippen molar-refractivity contribution in [3.63, 3.8) is 0 Å². The van der Waals surface area contributed by atoms with Gasteiger partial charge in [0.05, 0.1) is 18.4 Å². The molecule has 4 amide bonds. The van der Waals surface area contributed by atoms with E-state index in [2.05, 4.69) is 31.4 Å². The summed E-state index contributed by atoms with van der Waals surface area (Å²) in [6.07, 6.45) is 3.03. The zero-order valence-electron chi connectivity index (χ0n) is 23.3. The molecule has 0 aliphatic carbocycles. The van der Waals surface area contributed by atoms with Crippen molar-refractivity contribution in [2.75, 3.05) is 4.90 Å². The summed E-state index contributed by atoms with van der Waals surface area (Å²) in [5.41, 5.74) is 4.47. The highest BCUT2D eigenvalue weighted by molar-refractivity contribution is 6.08. The minimum Gasteiger partial charge on any atom is -0.348 e. The van der Waals surface area contributed by atoms with Gasteiger partial charge < -0.3 is 16.0 Å². The predicted octanol–water partition coefficient (Wildman–Crippen LogP) is 1.85. The Balaban J connectivity index is 1.22. The summed E-state index contributed by atoms with van der Waals surface area (Å²) in [7, 11) is 0. The number of para-hydroxylation sites is 1. The van der Waals surface area contributed by atoms with Crippen LogP contribution in [0.4, 0.5) is 5.69 Å². The molecular weight excluding hydrogens is 546 g/mol. The molecule has 0 saturated heterocycles. The van der Waals surface area contributed by atoms with E-state index in [1.807, 2.05) is 54.6 Å². The number of hydrogen-bond donors (Lipinski definition) is 4. The second kappa shape index (κ2) is 12.3. The van der Waals surface area contributed by atoms with Crippen molar-refractivity contribution in [2.24, 2.45) is 0 Å². The number of nitrogens with one attached hydrogen (secondary N) is 4. The number of H-pyrrole nitrogens is 1. The molecule has 4 aromatic rings. The Morgan fingerprint density at radius 3 is 2.44 bits per heavy atom. The topological polar surface area (TPSA) is 149 Å². The van der Waals surface area contributed by atoms with Gasteiger partial charge in [-0.15, -0.1) is 0 Å². The number of carbonyl (C=O) groups is 4. The monoisotopic (exact) mass is 577 g/mol. The quantitative estimate of drug-likeness (QED) is 0.239. The van der Waals surface area contributed by atoms with E-state index in [9.17, 15) is 19.2 Å². The number of aromatic nitrogens is 3. The van der Waals surface area contributed by atoms with Gasteiger partial charge in [-0.2, -0.15) is 15.4 Å². The Morgan fingerprint density at radius 1 is 0.953 bits per heavy atom. The van der Waals surface area contributed by atoms with E-state index >= 15 is 0 Å². The van der Waals surface area contributed by atoms with E-state index in [0.717, 1.165) is 22.4 Å². The number of anilines is 1. The van der Waals surface area contributed by atoms with Crippen molar-refractivity contribution in [3.05, 3.63) is 113 Å². The molecule has 1 aromatic heterocycles. The highest BCUT2D eigenvalue weighted by Gasteiger charge is 2.44. The van der Waals surface area contributed by atoms with Gasteiger partial charge >= 0.3 is 0 Å². The van der Waals surface area contributed by atoms with Crippen LogP contribution in [0.15, 0.2) is 85.1 Å². The zero-order valence-corrected chi connectivity index (χ0v) is 23.3. The van der Waals surface area contributed by atoms with Crippen LogP contribution in [-0.2, 0) is 40.2 Å². The van der Waals surface area contributed by atoms with Crippen LogP contribution in [0.3, 0.4) is 0 Å². The van der Waals surface area contributed by atoms with Crippen LogP contribution in [0.5, 0.6) is 0 Å². The number of aromatic amines is 1. The Bertz CT molecular complexity index is 1630. The number of nitrogens with zero attached hydrogens (tertiary/aromatic N) is 3. The lowest BCUT2D eigenvalue weighted by molar-refractivity contribution is -0.130. The van der Waals surface area contributed by atoms with Gasteiger partial charge in [0.2, 0.25) is 17.7 Å². The number of hydrogen-bond acceptors (Lipinski definition) is 6. The second-order valence-electron chi connectivity index (χ2n) is 10.7. The molecule has 0 spiro atoms. The maximum atomic E-state index is 14.1. The largest absolute Gasteiger partial charge is 0.348 e. The van der Waals surface area contributed by atoms with E-state index in [-0.39, 0.29) is 30.7 Å². The van der Waals surface area contributed by atoms with Crippen molar-refractivity contribution in [2.45, 2.75) is 50.4 Å². The molecule has 218 valence electrons. The third-order valence-corrected chi connectivity index (χ3v) is 7.88. The van der Waals surface area contributed by atoms with Gasteiger partial charge in [-0.25, -0.2) is 0 Å². The molecule has 4 N–H and O–H groups in total. The lowest BCUT2D eigenvalue weighted by Crippen LogP contribution is -2.57. The molecule has 2 aliphatic heterocycles. The lowest BCUT2D eigenvalue weighted by atomic mass is 10.0. The molecule has 6 rings (SSSR count). The number of aryl methyl sites for hydroxylation is 1. The molecule has 2 aliphatic rings. The number of amides is 4. The predicted molar refractivity (Wildman–Crippen MR) is 158 cm³/mol. The maximum absolute atomic E-state index is 14.1. The SMILES string of the molecule is O=C(N[C@@H](Cc1ccccc1)C(=O)N[C@H]1CCc2cccc3c2N(C1=O)[C@H](C(=O)NCc1cn[nH]n1)C3)c1ccccc1. The van der Waals surface area contributed by atoms with Gasteiger partial charge in [-0.05, 0) is 41.7 Å². The van der Waals surface area contributed by atoms with Gasteiger partial charge in [0.15, 0.2) is 0 Å². The lowest BCUT2D eigenvalue weighted by Gasteiger charge is -2.29. The molecule has 0 bridgehead atoms. The maximum Gasteiger partial charge on any atom is 0.251 e. The average molecular weight is 578 g/mol. The van der Waals surface area contributed by atoms with Gasteiger partial charge in [-0.3, -0.25) is 24.1 Å². The minimum atomic E-state index is -0.927. The molecule has 0 radical (unpaired) electrons. The van der Waals surface area contributed by atoms with Gasteiger partial charge in [-0.1, -0.05) is 66.7 Å². The van der Waals surface area contributed by atoms with Gasteiger partial charge in [0.25, 0.3) is 5.91 Å². The van der Waals surface area contributed by atoms with Crippen LogP contribution in [-0.4, -0.2) is 57.2 Å². The average Bonchev–Trinajstić information content (AvgIpc) is 3.67. The van der Waals surface area contributed by atoms with Crippen molar-refractivity contribution >= 4 is 29.3 Å². The zero-order chi connectivity index (χ0) is 29.8. The van der Waals surface area contributed by atoms with Crippen LogP contribution < -0.4 is 20.9 Å². The van der Waals surface area contributed by atoms with Crippen molar-refractivity contribution < 1.29 is 19.2 Å². The van der Waals surface area contributed by atoms with E-state index in [1.165, 1.54) is 11.1 Å². The van der Waals surface area contributed by atoms with E-state index in [1.54, 1.807) is 24.3 Å². The first-order valence-electron chi connectivity index (χ1n) is 14.2. The van der Waals surface area contributed by atoms with E-state index < -0.39 is 24.0 Å². The summed E-state index contributed by atoms with van der Waals surface area (Å²) in [5, 5.41) is 18.9. The summed E-state index contributed by atoms with van der Waals surface area (Å²) < 4.78 is 0. The number of carbonyl (C=O) groups excluding carboxylic acids is 4. The first kappa shape index (κ1) is 27.8. The van der Waals surface area contributed by atoms with Crippen LogP contribution in [0.1, 0.15) is 39.2 Å².